The molecule has 0 atom stereocenters. The van der Waals surface area contributed by atoms with Crippen LogP contribution < -0.4 is 15.6 Å². The molecule has 7 nitrogen and oxygen atoms in total. The largest absolute Gasteiger partial charge is 0.494 e. The van der Waals surface area contributed by atoms with E-state index in [-0.39, 0.29) is 30.0 Å². The molecular formula is C22H24N4O3. The molecule has 0 aliphatic rings. The summed E-state index contributed by atoms with van der Waals surface area (Å²) in [5, 5.41) is 11.0. The van der Waals surface area contributed by atoms with E-state index in [2.05, 4.69) is 20.5 Å². The average Bonchev–Trinajstić information content (AvgIpc) is 2.72. The summed E-state index contributed by atoms with van der Waals surface area (Å²) in [4.78, 5) is 27.1. The summed E-state index contributed by atoms with van der Waals surface area (Å²) in [6, 6.07) is 15.2. The van der Waals surface area contributed by atoms with Crippen LogP contribution in [0.1, 0.15) is 30.2 Å². The van der Waals surface area contributed by atoms with Gasteiger partial charge in [-0.15, -0.1) is 10.2 Å². The summed E-state index contributed by atoms with van der Waals surface area (Å²) in [5.41, 5.74) is 2.82. The number of hydrogen-bond donors (Lipinski definition) is 2. The average molecular weight is 392 g/mol. The Morgan fingerprint density at radius 2 is 1.93 bits per heavy atom. The molecule has 29 heavy (non-hydrogen) atoms. The number of hydrogen-bond acceptors (Lipinski definition) is 5. The van der Waals surface area contributed by atoms with Crippen LogP contribution in [0.3, 0.4) is 0 Å². The number of nitrogens with one attached hydrogen (secondary N) is 2. The van der Waals surface area contributed by atoms with Gasteiger partial charge in [0.05, 0.1) is 6.61 Å². The van der Waals surface area contributed by atoms with Gasteiger partial charge in [0.15, 0.2) is 5.82 Å². The van der Waals surface area contributed by atoms with Crippen LogP contribution in [0.5, 0.6) is 5.75 Å². The second kappa shape index (κ2) is 9.64. The number of carbonyl (C=O) groups excluding carboxylic acids is 1. The Kier molecular flexibility index (Phi) is 6.73. The molecule has 0 unspecified atom stereocenters. The summed E-state index contributed by atoms with van der Waals surface area (Å²) in [5.74, 6) is 0.994. The smallest absolute Gasteiger partial charge is 0.273 e. The molecule has 1 heterocycles. The number of aryl methyl sites for hydroxylation is 2. The fourth-order valence-electron chi connectivity index (χ4n) is 2.87. The van der Waals surface area contributed by atoms with Gasteiger partial charge >= 0.3 is 0 Å². The van der Waals surface area contributed by atoms with Crippen molar-refractivity contribution in [3.05, 3.63) is 75.7 Å². The van der Waals surface area contributed by atoms with E-state index in [4.69, 9.17) is 4.74 Å². The van der Waals surface area contributed by atoms with Gasteiger partial charge in [0.25, 0.3) is 5.56 Å². The first kappa shape index (κ1) is 20.3. The Hall–Kier alpha value is -3.48. The summed E-state index contributed by atoms with van der Waals surface area (Å²) in [7, 11) is 0. The van der Waals surface area contributed by atoms with E-state index in [0.717, 1.165) is 22.4 Å². The van der Waals surface area contributed by atoms with Crippen LogP contribution in [0.4, 0.5) is 0 Å². The number of amides is 1. The molecule has 0 saturated heterocycles. The third kappa shape index (κ3) is 5.75. The second-order valence-electron chi connectivity index (χ2n) is 6.67. The molecule has 150 valence electrons. The van der Waals surface area contributed by atoms with Gasteiger partial charge < -0.3 is 15.0 Å². The number of nitrogens with zero attached hydrogens (tertiary/aromatic N) is 2. The van der Waals surface area contributed by atoms with Crippen molar-refractivity contribution >= 4 is 5.91 Å². The van der Waals surface area contributed by atoms with Gasteiger partial charge in [-0.05, 0) is 43.7 Å². The summed E-state index contributed by atoms with van der Waals surface area (Å²) in [6.07, 6.45) is 0.400. The Bertz CT molecular complexity index is 1030. The quantitative estimate of drug-likeness (QED) is 0.614. The van der Waals surface area contributed by atoms with Crippen molar-refractivity contribution in [2.75, 3.05) is 6.61 Å². The maximum atomic E-state index is 12.3. The van der Waals surface area contributed by atoms with Crippen LogP contribution in [0, 0.1) is 6.92 Å². The molecular weight excluding hydrogens is 368 g/mol. The number of ether oxygens (including phenoxy) is 1. The van der Waals surface area contributed by atoms with Crippen molar-refractivity contribution in [1.82, 2.24) is 20.5 Å². The summed E-state index contributed by atoms with van der Waals surface area (Å²) >= 11 is 0. The molecule has 0 aliphatic heterocycles. The molecule has 3 rings (SSSR count). The van der Waals surface area contributed by atoms with Gasteiger partial charge in [-0.25, -0.2) is 0 Å². The van der Waals surface area contributed by atoms with Crippen molar-refractivity contribution in [3.8, 4) is 17.1 Å². The molecule has 7 heteroatoms. The zero-order valence-electron chi connectivity index (χ0n) is 16.6. The lowest BCUT2D eigenvalue weighted by Crippen LogP contribution is -2.25. The van der Waals surface area contributed by atoms with E-state index < -0.39 is 0 Å². The zero-order valence-corrected chi connectivity index (χ0v) is 16.6. The first-order valence-corrected chi connectivity index (χ1v) is 9.56. The molecule has 0 radical (unpaired) electrons. The molecule has 2 aromatic carbocycles. The molecule has 0 bridgehead atoms. The van der Waals surface area contributed by atoms with Gasteiger partial charge in [-0.1, -0.05) is 29.8 Å². The maximum Gasteiger partial charge on any atom is 0.273 e. The number of benzene rings is 2. The Labute approximate surface area is 169 Å². The zero-order chi connectivity index (χ0) is 20.6. The predicted molar refractivity (Wildman–Crippen MR) is 111 cm³/mol. The van der Waals surface area contributed by atoms with E-state index >= 15 is 0 Å². The lowest BCUT2D eigenvalue weighted by atomic mass is 10.1. The number of aromatic amines is 1. The summed E-state index contributed by atoms with van der Waals surface area (Å²) in [6.45, 7) is 4.97. The van der Waals surface area contributed by atoms with E-state index in [9.17, 15) is 9.59 Å². The second-order valence-corrected chi connectivity index (χ2v) is 6.67. The van der Waals surface area contributed by atoms with Crippen molar-refractivity contribution in [2.45, 2.75) is 33.2 Å². The molecule has 3 aromatic rings. The van der Waals surface area contributed by atoms with Crippen molar-refractivity contribution in [2.24, 2.45) is 0 Å². The van der Waals surface area contributed by atoms with Gasteiger partial charge in [0, 0.05) is 24.9 Å². The SMILES string of the molecule is CCOc1ccc(-c2nnc(CCC(=O)NCc3cccc(C)c3)c(=O)[nH]2)cc1. The number of carbonyl (C=O) groups is 1. The van der Waals surface area contributed by atoms with E-state index in [1.165, 1.54) is 0 Å². The normalized spacial score (nSPS) is 10.6. The molecule has 1 aromatic heterocycles. The molecule has 0 spiro atoms. The van der Waals surface area contributed by atoms with Gasteiger partial charge in [0.1, 0.15) is 11.4 Å². The minimum Gasteiger partial charge on any atom is -0.494 e. The van der Waals surface area contributed by atoms with Crippen LogP contribution in [0.2, 0.25) is 0 Å². The van der Waals surface area contributed by atoms with E-state index in [1.54, 1.807) is 0 Å². The lowest BCUT2D eigenvalue weighted by molar-refractivity contribution is -0.121. The fraction of sp³-hybridized carbons (Fsp3) is 0.273. The van der Waals surface area contributed by atoms with Gasteiger partial charge in [0.2, 0.25) is 5.91 Å². The highest BCUT2D eigenvalue weighted by Gasteiger charge is 2.10. The van der Waals surface area contributed by atoms with Crippen LogP contribution in [0.15, 0.2) is 53.3 Å². The van der Waals surface area contributed by atoms with Crippen molar-refractivity contribution in [3.63, 3.8) is 0 Å². The molecule has 0 aliphatic carbocycles. The summed E-state index contributed by atoms with van der Waals surface area (Å²) < 4.78 is 5.40. The molecule has 0 fully saturated rings. The monoisotopic (exact) mass is 392 g/mol. The van der Waals surface area contributed by atoms with Crippen molar-refractivity contribution in [1.29, 1.82) is 0 Å². The first-order chi connectivity index (χ1) is 14.0. The number of aromatic nitrogens is 3. The highest BCUT2D eigenvalue weighted by Crippen LogP contribution is 2.18. The predicted octanol–water partition coefficient (Wildman–Crippen LogP) is 2.79. The van der Waals surface area contributed by atoms with E-state index in [0.29, 0.717) is 19.0 Å². The molecule has 0 saturated carbocycles. The highest BCUT2D eigenvalue weighted by molar-refractivity contribution is 5.76. The van der Waals surface area contributed by atoms with Gasteiger partial charge in [-0.3, -0.25) is 9.59 Å². The third-order valence-corrected chi connectivity index (χ3v) is 4.36. The van der Waals surface area contributed by atoms with Crippen LogP contribution in [-0.4, -0.2) is 27.7 Å². The maximum absolute atomic E-state index is 12.3. The standard InChI is InChI=1S/C22H24N4O3/c1-3-29-18-9-7-17(8-10-18)21-24-22(28)19(25-26-21)11-12-20(27)23-14-16-6-4-5-15(2)13-16/h4-10,13H,3,11-12,14H2,1-2H3,(H,23,27)(H,24,26,28). The van der Waals surface area contributed by atoms with E-state index in [1.807, 2.05) is 62.4 Å². The highest BCUT2D eigenvalue weighted by atomic mass is 16.5. The third-order valence-electron chi connectivity index (χ3n) is 4.36. The van der Waals surface area contributed by atoms with Crippen LogP contribution in [-0.2, 0) is 17.8 Å². The Morgan fingerprint density at radius 3 is 2.62 bits per heavy atom. The molecule has 1 amide bonds. The minimum atomic E-state index is -0.338. The van der Waals surface area contributed by atoms with Crippen LogP contribution >= 0.6 is 0 Å². The fourth-order valence-corrected chi connectivity index (χ4v) is 2.87. The number of H-pyrrole nitrogens is 1. The minimum absolute atomic E-state index is 0.136. The number of rotatable bonds is 8. The Balaban J connectivity index is 1.56. The lowest BCUT2D eigenvalue weighted by Gasteiger charge is -2.06. The van der Waals surface area contributed by atoms with Crippen molar-refractivity contribution < 1.29 is 9.53 Å². The first-order valence-electron chi connectivity index (χ1n) is 9.56. The Morgan fingerprint density at radius 1 is 1.14 bits per heavy atom. The van der Waals surface area contributed by atoms with Gasteiger partial charge in [-0.2, -0.15) is 0 Å². The van der Waals surface area contributed by atoms with Crippen LogP contribution in [0.25, 0.3) is 11.4 Å². The topological polar surface area (TPSA) is 97.0 Å². The molecule has 2 N–H and O–H groups in total.